The summed E-state index contributed by atoms with van der Waals surface area (Å²) in [5, 5.41) is 3.07. The molecule has 0 saturated carbocycles. The van der Waals surface area contributed by atoms with Crippen LogP contribution in [0, 0.1) is 0 Å². The molecular weight excluding hydrogens is 178 g/mol. The average Bonchev–Trinajstić information content (AvgIpc) is 2.65. The van der Waals surface area contributed by atoms with E-state index in [2.05, 4.69) is 16.4 Å². The molecule has 0 atom stereocenters. The molecule has 4 nitrogen and oxygen atoms in total. The van der Waals surface area contributed by atoms with E-state index in [1.165, 1.54) is 12.0 Å². The van der Waals surface area contributed by atoms with Gasteiger partial charge in [0, 0.05) is 13.2 Å². The third-order valence-electron chi connectivity index (χ3n) is 2.13. The van der Waals surface area contributed by atoms with Gasteiger partial charge in [-0.3, -0.25) is 0 Å². The van der Waals surface area contributed by atoms with Gasteiger partial charge < -0.3 is 15.5 Å². The van der Waals surface area contributed by atoms with Crippen LogP contribution in [-0.2, 0) is 6.42 Å². The molecule has 0 amide bonds. The molecule has 2 aromatic rings. The maximum absolute atomic E-state index is 5.33. The van der Waals surface area contributed by atoms with Gasteiger partial charge in [-0.05, 0) is 24.1 Å². The van der Waals surface area contributed by atoms with Crippen molar-refractivity contribution in [1.82, 2.24) is 10.3 Å². The molecule has 1 aromatic carbocycles. The van der Waals surface area contributed by atoms with E-state index >= 15 is 0 Å². The molecule has 1 aromatic heterocycles. The Morgan fingerprint density at radius 2 is 2.36 bits per heavy atom. The van der Waals surface area contributed by atoms with Crippen molar-refractivity contribution in [3.05, 3.63) is 30.2 Å². The van der Waals surface area contributed by atoms with Crippen LogP contribution < -0.4 is 11.1 Å². The SMILES string of the molecule is NCNCCc1ccc2ncoc2c1. The first kappa shape index (κ1) is 9.18. The van der Waals surface area contributed by atoms with Gasteiger partial charge in [0.15, 0.2) is 12.0 Å². The first-order chi connectivity index (χ1) is 6.90. The Hall–Kier alpha value is -1.39. The smallest absolute Gasteiger partial charge is 0.181 e. The minimum atomic E-state index is 0.518. The van der Waals surface area contributed by atoms with Gasteiger partial charge in [-0.25, -0.2) is 4.98 Å². The number of aromatic nitrogens is 1. The van der Waals surface area contributed by atoms with Crippen molar-refractivity contribution >= 4 is 11.1 Å². The molecule has 0 unspecified atom stereocenters. The highest BCUT2D eigenvalue weighted by Crippen LogP contribution is 2.14. The number of oxazole rings is 1. The highest BCUT2D eigenvalue weighted by molar-refractivity contribution is 5.72. The fourth-order valence-corrected chi connectivity index (χ4v) is 1.39. The summed E-state index contributed by atoms with van der Waals surface area (Å²) in [7, 11) is 0. The van der Waals surface area contributed by atoms with Crippen LogP contribution in [0.3, 0.4) is 0 Å². The van der Waals surface area contributed by atoms with Crippen molar-refractivity contribution in [2.45, 2.75) is 6.42 Å². The van der Waals surface area contributed by atoms with Crippen LogP contribution in [0.5, 0.6) is 0 Å². The quantitative estimate of drug-likeness (QED) is 0.556. The topological polar surface area (TPSA) is 64.1 Å². The Morgan fingerprint density at radius 1 is 1.43 bits per heavy atom. The van der Waals surface area contributed by atoms with Gasteiger partial charge in [0.25, 0.3) is 0 Å². The Labute approximate surface area is 82.1 Å². The second-order valence-corrected chi connectivity index (χ2v) is 3.11. The molecular formula is C10H13N3O. The highest BCUT2D eigenvalue weighted by atomic mass is 16.3. The number of rotatable bonds is 4. The number of nitrogens with zero attached hydrogens (tertiary/aromatic N) is 1. The summed E-state index contributed by atoms with van der Waals surface area (Å²) < 4.78 is 5.21. The van der Waals surface area contributed by atoms with E-state index in [-0.39, 0.29) is 0 Å². The molecule has 0 fully saturated rings. The van der Waals surface area contributed by atoms with Crippen LogP contribution in [0.2, 0.25) is 0 Å². The Balaban J connectivity index is 2.10. The average molecular weight is 191 g/mol. The lowest BCUT2D eigenvalue weighted by molar-refractivity contribution is 0.601. The summed E-state index contributed by atoms with van der Waals surface area (Å²) in [6.07, 6.45) is 2.42. The summed E-state index contributed by atoms with van der Waals surface area (Å²) in [6.45, 7) is 1.40. The molecule has 0 spiro atoms. The predicted molar refractivity (Wildman–Crippen MR) is 54.8 cm³/mol. The van der Waals surface area contributed by atoms with E-state index in [9.17, 15) is 0 Å². The van der Waals surface area contributed by atoms with Gasteiger partial charge in [-0.15, -0.1) is 0 Å². The number of hydrogen-bond acceptors (Lipinski definition) is 4. The number of benzene rings is 1. The Bertz CT molecular complexity index is 410. The summed E-state index contributed by atoms with van der Waals surface area (Å²) in [5.41, 5.74) is 8.30. The minimum Gasteiger partial charge on any atom is -0.443 e. The molecule has 4 heteroatoms. The third-order valence-corrected chi connectivity index (χ3v) is 2.13. The summed E-state index contributed by atoms with van der Waals surface area (Å²) in [4.78, 5) is 4.05. The largest absolute Gasteiger partial charge is 0.443 e. The fourth-order valence-electron chi connectivity index (χ4n) is 1.39. The van der Waals surface area contributed by atoms with Gasteiger partial charge >= 0.3 is 0 Å². The number of hydrogen-bond donors (Lipinski definition) is 2. The zero-order valence-electron chi connectivity index (χ0n) is 7.86. The molecule has 0 saturated heterocycles. The van der Waals surface area contributed by atoms with Gasteiger partial charge in [0.2, 0.25) is 0 Å². The highest BCUT2D eigenvalue weighted by Gasteiger charge is 1.99. The van der Waals surface area contributed by atoms with Gasteiger partial charge in [-0.1, -0.05) is 6.07 Å². The van der Waals surface area contributed by atoms with E-state index < -0.39 is 0 Å². The maximum Gasteiger partial charge on any atom is 0.181 e. The van der Waals surface area contributed by atoms with E-state index in [1.807, 2.05) is 12.1 Å². The standard InChI is InChI=1S/C10H13N3O/c11-6-12-4-3-8-1-2-9-10(5-8)14-7-13-9/h1-2,5,7,12H,3-4,6,11H2. The normalized spacial score (nSPS) is 10.9. The molecule has 74 valence electrons. The monoisotopic (exact) mass is 191 g/mol. The van der Waals surface area contributed by atoms with E-state index in [0.717, 1.165) is 24.1 Å². The van der Waals surface area contributed by atoms with Crippen molar-refractivity contribution in [2.24, 2.45) is 5.73 Å². The van der Waals surface area contributed by atoms with Gasteiger partial charge in [-0.2, -0.15) is 0 Å². The molecule has 14 heavy (non-hydrogen) atoms. The van der Waals surface area contributed by atoms with Crippen LogP contribution >= 0.6 is 0 Å². The zero-order chi connectivity index (χ0) is 9.80. The lowest BCUT2D eigenvalue weighted by atomic mass is 10.1. The summed E-state index contributed by atoms with van der Waals surface area (Å²) in [5.74, 6) is 0. The molecule has 0 aliphatic heterocycles. The molecule has 0 aliphatic rings. The van der Waals surface area contributed by atoms with Crippen molar-refractivity contribution in [1.29, 1.82) is 0 Å². The molecule has 0 bridgehead atoms. The van der Waals surface area contributed by atoms with Crippen molar-refractivity contribution in [2.75, 3.05) is 13.2 Å². The van der Waals surface area contributed by atoms with E-state index in [0.29, 0.717) is 6.67 Å². The third kappa shape index (κ3) is 1.92. The van der Waals surface area contributed by atoms with Crippen LogP contribution in [0.25, 0.3) is 11.1 Å². The second kappa shape index (κ2) is 4.21. The predicted octanol–water partition coefficient (Wildman–Crippen LogP) is 0.876. The molecule has 0 aliphatic carbocycles. The van der Waals surface area contributed by atoms with Crippen LogP contribution in [-0.4, -0.2) is 18.2 Å². The minimum absolute atomic E-state index is 0.518. The van der Waals surface area contributed by atoms with Crippen molar-refractivity contribution in [3.8, 4) is 0 Å². The molecule has 2 rings (SSSR count). The fraction of sp³-hybridized carbons (Fsp3) is 0.300. The van der Waals surface area contributed by atoms with Crippen molar-refractivity contribution in [3.63, 3.8) is 0 Å². The van der Waals surface area contributed by atoms with Crippen molar-refractivity contribution < 1.29 is 4.42 Å². The number of nitrogens with one attached hydrogen (secondary N) is 1. The van der Waals surface area contributed by atoms with Gasteiger partial charge in [0.1, 0.15) is 5.52 Å². The zero-order valence-corrected chi connectivity index (χ0v) is 7.86. The second-order valence-electron chi connectivity index (χ2n) is 3.11. The lowest BCUT2D eigenvalue weighted by Gasteiger charge is -2.01. The Kier molecular flexibility index (Phi) is 2.76. The van der Waals surface area contributed by atoms with Crippen LogP contribution in [0.4, 0.5) is 0 Å². The summed E-state index contributed by atoms with van der Waals surface area (Å²) in [6, 6.07) is 6.04. The number of nitrogens with two attached hydrogens (primary N) is 1. The summed E-state index contributed by atoms with van der Waals surface area (Å²) >= 11 is 0. The number of fused-ring (bicyclic) bond motifs is 1. The lowest BCUT2D eigenvalue weighted by Crippen LogP contribution is -2.24. The van der Waals surface area contributed by atoms with E-state index in [1.54, 1.807) is 0 Å². The van der Waals surface area contributed by atoms with Crippen LogP contribution in [0.1, 0.15) is 5.56 Å². The Morgan fingerprint density at radius 3 is 3.21 bits per heavy atom. The maximum atomic E-state index is 5.33. The molecule has 3 N–H and O–H groups in total. The first-order valence-corrected chi connectivity index (χ1v) is 4.63. The van der Waals surface area contributed by atoms with Crippen LogP contribution in [0.15, 0.2) is 29.0 Å². The van der Waals surface area contributed by atoms with E-state index in [4.69, 9.17) is 10.2 Å². The molecule has 1 heterocycles. The van der Waals surface area contributed by atoms with Gasteiger partial charge in [0.05, 0.1) is 0 Å². The first-order valence-electron chi connectivity index (χ1n) is 4.63. The molecule has 0 radical (unpaired) electrons.